The minimum absolute atomic E-state index is 0. The van der Waals surface area contributed by atoms with Crippen molar-refractivity contribution in [2.24, 2.45) is 23.7 Å². The number of nitrogens with one attached hydrogen (secondary N) is 2. The molecule has 0 heterocycles. The van der Waals surface area contributed by atoms with Crippen LogP contribution in [0.4, 0.5) is 0 Å². The van der Waals surface area contributed by atoms with E-state index in [1.807, 2.05) is 0 Å². The normalized spacial score (nSPS) is 19.3. The second-order valence-corrected chi connectivity index (χ2v) is 19.6. The van der Waals surface area contributed by atoms with Gasteiger partial charge in [-0.15, -0.1) is 0 Å². The molecule has 0 saturated heterocycles. The molecule has 2 aromatic carbocycles. The number of methoxy groups -OCH3 is 2. The summed E-state index contributed by atoms with van der Waals surface area (Å²) in [5.74, 6) is -9.22. The Kier molecular flexibility index (Phi) is 26.2. The lowest BCUT2D eigenvalue weighted by Gasteiger charge is -2.28. The van der Waals surface area contributed by atoms with Crippen LogP contribution < -0.4 is 29.6 Å². The SMILES string of the molecule is C=CC(=O)OCCOC(=O)CCC(=O)NC1CCC(C(=O)COc2ccc(OC(=O)C3CCC(C(=O)Oc4ccc(OC(=O)C5CCCC(NC(=O)CCC(=O)OCCOC(=O)C=C)CC5)cc4C(=O)OC)CC3)c(C(=O)OC)c2)CC1.[HH].[HH]. The van der Waals surface area contributed by atoms with Gasteiger partial charge in [0.25, 0.3) is 0 Å². The zero-order valence-corrected chi connectivity index (χ0v) is 46.0. The van der Waals surface area contributed by atoms with E-state index in [0.717, 1.165) is 26.4 Å². The highest BCUT2D eigenvalue weighted by Crippen LogP contribution is 2.35. The van der Waals surface area contributed by atoms with E-state index in [-0.39, 0.29) is 157 Å². The Morgan fingerprint density at radius 3 is 1.37 bits per heavy atom. The predicted octanol–water partition coefficient (Wildman–Crippen LogP) is 5.77. The molecule has 3 aliphatic carbocycles. The van der Waals surface area contributed by atoms with Gasteiger partial charge in [-0.3, -0.25) is 38.4 Å². The summed E-state index contributed by atoms with van der Waals surface area (Å²) in [6, 6.07) is 7.62. The van der Waals surface area contributed by atoms with Crippen LogP contribution >= 0.6 is 0 Å². The van der Waals surface area contributed by atoms with Gasteiger partial charge in [-0.05, 0) is 113 Å². The molecule has 2 atom stereocenters. The summed E-state index contributed by atoms with van der Waals surface area (Å²) in [7, 11) is 2.29. The lowest BCUT2D eigenvalue weighted by Crippen LogP contribution is -2.39. The molecular formula is C58H74N2O22. The largest absolute Gasteiger partial charge is 0.486 e. The number of benzene rings is 2. The highest BCUT2D eigenvalue weighted by molar-refractivity contribution is 5.95. The zero-order valence-electron chi connectivity index (χ0n) is 46.0. The first-order chi connectivity index (χ1) is 39.4. The molecule has 2 amide bonds. The van der Waals surface area contributed by atoms with Crippen LogP contribution in [-0.2, 0) is 76.4 Å². The van der Waals surface area contributed by atoms with E-state index < -0.39 is 71.5 Å². The fourth-order valence-electron chi connectivity index (χ4n) is 9.44. The molecule has 0 bridgehead atoms. The number of esters is 9. The first-order valence-electron chi connectivity index (χ1n) is 27.1. The van der Waals surface area contributed by atoms with E-state index in [4.69, 9.17) is 47.4 Å². The molecule has 3 fully saturated rings. The molecular weight excluding hydrogens is 1080 g/mol. The summed E-state index contributed by atoms with van der Waals surface area (Å²) in [4.78, 5) is 150. The van der Waals surface area contributed by atoms with Crippen molar-refractivity contribution in [1.29, 1.82) is 0 Å². The van der Waals surface area contributed by atoms with E-state index in [9.17, 15) is 57.5 Å². The van der Waals surface area contributed by atoms with Crippen molar-refractivity contribution in [3.8, 4) is 23.0 Å². The number of hydrogen-bond donors (Lipinski definition) is 2. The van der Waals surface area contributed by atoms with Gasteiger partial charge >= 0.3 is 53.7 Å². The Bertz CT molecular complexity index is 2680. The minimum Gasteiger partial charge on any atom is -0.486 e. The maximum Gasteiger partial charge on any atom is 0.341 e. The standard InChI is InChI=1S/C58H70N2O22.2H2/c1-5-50(64)75-28-30-77-52(66)26-24-48(62)59-39-9-7-8-36(16-19-39)54(68)80-42-21-23-47(44(33-42)58(72)74-4)82-56(70)38-12-10-37(11-13-38)55(69)81-46-22-20-41(32-43(46)57(71)73-3)79-34-45(61)35-14-17-40(18-15-35)60-49(63)25-27-53(67)78-31-29-76-51(65)6-2;;/h5-6,20-23,32-33,35-40H,1-2,7-19,24-31,34H2,3-4H3,(H,59,62)(H,60,63);2*1H. The molecule has 24 heteroatoms. The molecule has 3 saturated carbocycles. The molecule has 2 N–H and O–H groups in total. The van der Waals surface area contributed by atoms with E-state index >= 15 is 0 Å². The molecule has 24 nitrogen and oxygen atoms in total. The fourth-order valence-corrected chi connectivity index (χ4v) is 9.44. The molecule has 2 aromatic rings. The molecule has 0 aromatic heterocycles. The Morgan fingerprint density at radius 1 is 0.488 bits per heavy atom. The summed E-state index contributed by atoms with van der Waals surface area (Å²) in [5, 5.41) is 5.78. The van der Waals surface area contributed by atoms with Gasteiger partial charge in [0.15, 0.2) is 5.78 Å². The van der Waals surface area contributed by atoms with Crippen LogP contribution in [0, 0.1) is 23.7 Å². The van der Waals surface area contributed by atoms with Gasteiger partial charge in [-0.2, -0.15) is 0 Å². The van der Waals surface area contributed by atoms with Crippen molar-refractivity contribution >= 4 is 71.3 Å². The Hall–Kier alpha value is -8.44. The summed E-state index contributed by atoms with van der Waals surface area (Å²) in [5.41, 5.74) is -0.296. The molecule has 0 aliphatic heterocycles. The van der Waals surface area contributed by atoms with Gasteiger partial charge in [0.1, 0.15) is 67.2 Å². The van der Waals surface area contributed by atoms with Crippen LogP contribution in [0.2, 0.25) is 0 Å². The average molecular weight is 1150 g/mol. The zero-order chi connectivity index (χ0) is 59.6. The van der Waals surface area contributed by atoms with Crippen LogP contribution in [0.15, 0.2) is 61.7 Å². The van der Waals surface area contributed by atoms with Gasteiger partial charge < -0.3 is 58.0 Å². The van der Waals surface area contributed by atoms with E-state index in [2.05, 4.69) is 23.8 Å². The van der Waals surface area contributed by atoms with Crippen LogP contribution in [0.25, 0.3) is 0 Å². The molecule has 0 spiro atoms. The van der Waals surface area contributed by atoms with Gasteiger partial charge in [0, 0.05) is 45.8 Å². The molecule has 0 radical (unpaired) electrons. The molecule has 3 aliphatic rings. The van der Waals surface area contributed by atoms with Crippen LogP contribution in [0.3, 0.4) is 0 Å². The average Bonchev–Trinajstić information content (AvgIpc) is 3.63. The van der Waals surface area contributed by atoms with Gasteiger partial charge in [0.2, 0.25) is 11.8 Å². The second-order valence-electron chi connectivity index (χ2n) is 19.6. The van der Waals surface area contributed by atoms with E-state index in [1.54, 1.807) is 0 Å². The lowest BCUT2D eigenvalue weighted by molar-refractivity contribution is -0.150. The Balaban J connectivity index is 0.00000924. The smallest absolute Gasteiger partial charge is 0.341 e. The third-order valence-electron chi connectivity index (χ3n) is 14.0. The maximum absolute atomic E-state index is 13.5. The van der Waals surface area contributed by atoms with Crippen molar-refractivity contribution in [3.63, 3.8) is 0 Å². The fraction of sp³-hybridized carbons (Fsp3) is 0.517. The lowest BCUT2D eigenvalue weighted by atomic mass is 9.82. The summed E-state index contributed by atoms with van der Waals surface area (Å²) in [6.45, 7) is 5.66. The Labute approximate surface area is 476 Å². The van der Waals surface area contributed by atoms with Crippen LogP contribution in [-0.4, -0.2) is 131 Å². The van der Waals surface area contributed by atoms with Gasteiger partial charge in [-0.1, -0.05) is 19.6 Å². The van der Waals surface area contributed by atoms with Crippen molar-refractivity contribution in [2.45, 2.75) is 121 Å². The van der Waals surface area contributed by atoms with Crippen LogP contribution in [0.1, 0.15) is 133 Å². The minimum atomic E-state index is -0.858. The number of carbonyl (C=O) groups excluding carboxylic acids is 12. The summed E-state index contributed by atoms with van der Waals surface area (Å²) < 4.78 is 52.0. The number of rotatable bonds is 28. The summed E-state index contributed by atoms with van der Waals surface area (Å²) >= 11 is 0. The third-order valence-corrected chi connectivity index (χ3v) is 14.0. The number of Topliss-reactive ketones (excluding diaryl/α,β-unsaturated/α-hetero) is 1. The number of ketones is 1. The van der Waals surface area contributed by atoms with Gasteiger partial charge in [-0.25, -0.2) is 19.2 Å². The van der Waals surface area contributed by atoms with Gasteiger partial charge in [0.05, 0.1) is 44.8 Å². The summed E-state index contributed by atoms with van der Waals surface area (Å²) in [6.07, 6.45) is 6.88. The first-order valence-corrected chi connectivity index (χ1v) is 27.1. The van der Waals surface area contributed by atoms with Crippen molar-refractivity contribution in [2.75, 3.05) is 47.3 Å². The highest BCUT2D eigenvalue weighted by Gasteiger charge is 2.35. The highest BCUT2D eigenvalue weighted by atomic mass is 16.6. The topological polar surface area (TPSA) is 321 Å². The van der Waals surface area contributed by atoms with E-state index in [0.29, 0.717) is 57.8 Å². The van der Waals surface area contributed by atoms with E-state index in [1.165, 1.54) is 36.4 Å². The third kappa shape index (κ3) is 21.2. The Morgan fingerprint density at radius 2 is 0.890 bits per heavy atom. The quantitative estimate of drug-likeness (QED) is 0.0255. The molecule has 5 rings (SSSR count). The first kappa shape index (κ1) is 64.4. The molecule has 448 valence electrons. The van der Waals surface area contributed by atoms with Crippen molar-refractivity contribution in [1.82, 2.24) is 10.6 Å². The molecule has 2 unspecified atom stereocenters. The maximum atomic E-state index is 13.5. The number of amides is 2. The predicted molar refractivity (Wildman–Crippen MR) is 288 cm³/mol. The second kappa shape index (κ2) is 33.3. The number of ether oxygens (including phenoxy) is 10. The van der Waals surface area contributed by atoms with Crippen molar-refractivity contribution < 1.29 is 108 Å². The number of hydrogen-bond acceptors (Lipinski definition) is 22. The van der Waals surface area contributed by atoms with Crippen molar-refractivity contribution in [3.05, 3.63) is 72.8 Å². The van der Waals surface area contributed by atoms with Crippen LogP contribution in [0.5, 0.6) is 23.0 Å². The molecule has 82 heavy (non-hydrogen) atoms. The monoisotopic (exact) mass is 1150 g/mol. The number of carbonyl (C=O) groups is 12.